The number of carbonyl (C=O) groups excluding carboxylic acids is 1. The van der Waals surface area contributed by atoms with Crippen LogP contribution in [-0.4, -0.2) is 16.9 Å². The molecule has 4 heteroatoms. The fourth-order valence-corrected chi connectivity index (χ4v) is 3.28. The van der Waals surface area contributed by atoms with Crippen LogP contribution in [0.3, 0.4) is 0 Å². The van der Waals surface area contributed by atoms with Crippen molar-refractivity contribution in [2.45, 2.75) is 25.2 Å². The van der Waals surface area contributed by atoms with E-state index < -0.39 is 11.9 Å². The second-order valence-electron chi connectivity index (χ2n) is 5.75. The fourth-order valence-electron chi connectivity index (χ4n) is 3.28. The molecule has 2 aliphatic carbocycles. The SMILES string of the molecule is N#CC1C=C2C[C@@H](CC(=O)O)c3ccccc3CC2=CC1=O. The summed E-state index contributed by atoms with van der Waals surface area (Å²) >= 11 is 0. The van der Waals surface area contributed by atoms with Crippen molar-refractivity contribution in [2.75, 3.05) is 0 Å². The van der Waals surface area contributed by atoms with Gasteiger partial charge in [-0.25, -0.2) is 0 Å². The number of benzene rings is 1. The summed E-state index contributed by atoms with van der Waals surface area (Å²) < 4.78 is 0. The van der Waals surface area contributed by atoms with Crippen LogP contribution in [-0.2, 0) is 16.0 Å². The van der Waals surface area contributed by atoms with E-state index in [9.17, 15) is 14.7 Å². The predicted molar refractivity (Wildman–Crippen MR) is 80.0 cm³/mol. The number of nitriles is 1. The lowest BCUT2D eigenvalue weighted by Crippen LogP contribution is -2.15. The van der Waals surface area contributed by atoms with Crippen molar-refractivity contribution in [2.24, 2.45) is 5.92 Å². The van der Waals surface area contributed by atoms with Crippen molar-refractivity contribution in [3.8, 4) is 6.07 Å². The number of fused-ring (bicyclic) bond motifs is 2. The zero-order valence-corrected chi connectivity index (χ0v) is 12.0. The van der Waals surface area contributed by atoms with Crippen molar-refractivity contribution in [3.05, 3.63) is 58.7 Å². The Morgan fingerprint density at radius 3 is 2.82 bits per heavy atom. The monoisotopic (exact) mass is 293 g/mol. The lowest BCUT2D eigenvalue weighted by molar-refractivity contribution is -0.137. The zero-order chi connectivity index (χ0) is 15.7. The number of aliphatic carboxylic acids is 1. The molecule has 1 unspecified atom stereocenters. The molecule has 0 radical (unpaired) electrons. The number of ketones is 1. The molecular formula is C18H15NO3. The van der Waals surface area contributed by atoms with Gasteiger partial charge in [-0.3, -0.25) is 9.59 Å². The molecule has 0 heterocycles. The summed E-state index contributed by atoms with van der Waals surface area (Å²) in [4.78, 5) is 23.1. The Labute approximate surface area is 128 Å². The van der Waals surface area contributed by atoms with Crippen LogP contribution >= 0.6 is 0 Å². The highest BCUT2D eigenvalue weighted by atomic mass is 16.4. The molecule has 0 aromatic heterocycles. The standard InChI is InChI=1S/C18H15NO3/c19-10-15-7-12-6-14(9-18(21)22)16-4-2-1-3-11(16)5-13(12)8-17(15)20/h1-4,7-8,14-15H,5-6,9H2,(H,21,22)/t14-,15?/m0/s1. The van der Waals surface area contributed by atoms with E-state index in [2.05, 4.69) is 0 Å². The summed E-state index contributed by atoms with van der Waals surface area (Å²) in [5.74, 6) is -1.89. The highest BCUT2D eigenvalue weighted by molar-refractivity contribution is 5.97. The van der Waals surface area contributed by atoms with E-state index in [0.717, 1.165) is 22.3 Å². The largest absolute Gasteiger partial charge is 0.481 e. The van der Waals surface area contributed by atoms with E-state index >= 15 is 0 Å². The van der Waals surface area contributed by atoms with Crippen molar-refractivity contribution in [1.82, 2.24) is 0 Å². The van der Waals surface area contributed by atoms with E-state index in [0.29, 0.717) is 12.8 Å². The molecule has 0 spiro atoms. The third kappa shape index (κ3) is 2.58. The molecule has 2 atom stereocenters. The number of allylic oxidation sites excluding steroid dienone is 4. The van der Waals surface area contributed by atoms with Crippen LogP contribution in [0.15, 0.2) is 47.6 Å². The number of hydrogen-bond donors (Lipinski definition) is 1. The number of carboxylic acid groups (broad SMARTS) is 1. The van der Waals surface area contributed by atoms with Gasteiger partial charge in [-0.2, -0.15) is 5.26 Å². The second-order valence-corrected chi connectivity index (χ2v) is 5.75. The maximum Gasteiger partial charge on any atom is 0.303 e. The predicted octanol–water partition coefficient (Wildman–Crippen LogP) is 2.77. The average Bonchev–Trinajstić information content (AvgIpc) is 2.62. The molecule has 22 heavy (non-hydrogen) atoms. The van der Waals surface area contributed by atoms with Crippen LogP contribution in [0, 0.1) is 17.2 Å². The average molecular weight is 293 g/mol. The highest BCUT2D eigenvalue weighted by Crippen LogP contribution is 2.39. The van der Waals surface area contributed by atoms with Crippen molar-refractivity contribution in [1.29, 1.82) is 5.26 Å². The first kappa shape index (κ1) is 14.3. The van der Waals surface area contributed by atoms with Gasteiger partial charge in [0.15, 0.2) is 5.78 Å². The van der Waals surface area contributed by atoms with E-state index in [4.69, 9.17) is 5.26 Å². The Bertz CT molecular complexity index is 752. The molecule has 1 aromatic rings. The van der Waals surface area contributed by atoms with Crippen LogP contribution in [0.1, 0.15) is 29.9 Å². The number of carbonyl (C=O) groups is 2. The van der Waals surface area contributed by atoms with Gasteiger partial charge in [-0.1, -0.05) is 30.3 Å². The van der Waals surface area contributed by atoms with Gasteiger partial charge in [0.05, 0.1) is 12.5 Å². The summed E-state index contributed by atoms with van der Waals surface area (Å²) in [5, 5.41) is 18.2. The zero-order valence-electron chi connectivity index (χ0n) is 12.0. The number of nitrogens with zero attached hydrogens (tertiary/aromatic N) is 1. The molecule has 0 bridgehead atoms. The first-order valence-corrected chi connectivity index (χ1v) is 7.23. The Balaban J connectivity index is 2.06. The molecule has 3 rings (SSSR count). The Morgan fingerprint density at radius 2 is 2.09 bits per heavy atom. The van der Waals surface area contributed by atoms with Gasteiger partial charge in [0, 0.05) is 0 Å². The summed E-state index contributed by atoms with van der Waals surface area (Å²) in [6.07, 6.45) is 4.48. The molecule has 0 aliphatic heterocycles. The van der Waals surface area contributed by atoms with E-state index in [1.165, 1.54) is 0 Å². The molecule has 0 amide bonds. The molecule has 1 N–H and O–H groups in total. The number of hydrogen-bond acceptors (Lipinski definition) is 3. The van der Waals surface area contributed by atoms with Crippen LogP contribution < -0.4 is 0 Å². The minimum Gasteiger partial charge on any atom is -0.481 e. The third-order valence-electron chi connectivity index (χ3n) is 4.31. The second kappa shape index (κ2) is 5.61. The van der Waals surface area contributed by atoms with Gasteiger partial charge in [0.25, 0.3) is 0 Å². The maximum absolute atomic E-state index is 11.9. The fraction of sp³-hybridized carbons (Fsp3) is 0.278. The van der Waals surface area contributed by atoms with Gasteiger partial charge in [-0.15, -0.1) is 0 Å². The molecule has 4 nitrogen and oxygen atoms in total. The summed E-state index contributed by atoms with van der Waals surface area (Å²) in [6.45, 7) is 0. The van der Waals surface area contributed by atoms with Gasteiger partial charge < -0.3 is 5.11 Å². The summed E-state index contributed by atoms with van der Waals surface area (Å²) in [7, 11) is 0. The quantitative estimate of drug-likeness (QED) is 0.909. The van der Waals surface area contributed by atoms with Gasteiger partial charge >= 0.3 is 5.97 Å². The third-order valence-corrected chi connectivity index (χ3v) is 4.31. The van der Waals surface area contributed by atoms with Gasteiger partial charge in [0.2, 0.25) is 0 Å². The van der Waals surface area contributed by atoms with E-state index in [1.54, 1.807) is 12.2 Å². The number of rotatable bonds is 2. The molecule has 1 aromatic carbocycles. The van der Waals surface area contributed by atoms with Crippen molar-refractivity contribution >= 4 is 11.8 Å². The smallest absolute Gasteiger partial charge is 0.303 e. The molecule has 110 valence electrons. The topological polar surface area (TPSA) is 78.2 Å². The lowest BCUT2D eigenvalue weighted by Gasteiger charge is -2.18. The van der Waals surface area contributed by atoms with Crippen molar-refractivity contribution < 1.29 is 14.7 Å². The minimum atomic E-state index is -0.837. The van der Waals surface area contributed by atoms with Crippen LogP contribution in [0.4, 0.5) is 0 Å². The number of carboxylic acids is 1. The molecular weight excluding hydrogens is 278 g/mol. The van der Waals surface area contributed by atoms with Crippen LogP contribution in [0.25, 0.3) is 0 Å². The normalized spacial score (nSPS) is 23.3. The summed E-state index contributed by atoms with van der Waals surface area (Å²) in [6, 6.07) is 9.78. The Morgan fingerprint density at radius 1 is 1.32 bits per heavy atom. The van der Waals surface area contributed by atoms with E-state index in [-0.39, 0.29) is 18.1 Å². The summed E-state index contributed by atoms with van der Waals surface area (Å²) in [5.41, 5.74) is 3.94. The molecule has 0 saturated heterocycles. The highest BCUT2D eigenvalue weighted by Gasteiger charge is 2.29. The minimum absolute atomic E-state index is 0.0484. The van der Waals surface area contributed by atoms with Gasteiger partial charge in [-0.05, 0) is 47.1 Å². The van der Waals surface area contributed by atoms with E-state index in [1.807, 2.05) is 30.3 Å². The van der Waals surface area contributed by atoms with Crippen molar-refractivity contribution in [3.63, 3.8) is 0 Å². The Kier molecular flexibility index (Phi) is 3.64. The van der Waals surface area contributed by atoms with Crippen LogP contribution in [0.5, 0.6) is 0 Å². The Hall–Kier alpha value is -2.67. The first-order chi connectivity index (χ1) is 10.6. The lowest BCUT2D eigenvalue weighted by atomic mass is 9.84. The molecule has 0 fully saturated rings. The van der Waals surface area contributed by atoms with Gasteiger partial charge in [0.1, 0.15) is 5.92 Å². The molecule has 0 saturated carbocycles. The van der Waals surface area contributed by atoms with Crippen LogP contribution in [0.2, 0.25) is 0 Å². The maximum atomic E-state index is 11.9. The molecule has 2 aliphatic rings. The first-order valence-electron chi connectivity index (χ1n) is 7.23.